The SMILES string of the molecule is CN(C)C(=O)C1CCN(c2ccc(Nc3nc(NC4CCC4)c4cc[nH]c4n3)cc2)CC1. The lowest BCUT2D eigenvalue weighted by molar-refractivity contribution is -0.133. The van der Waals surface area contributed by atoms with Crippen LogP contribution < -0.4 is 15.5 Å². The van der Waals surface area contributed by atoms with Crippen LogP contribution in [0.25, 0.3) is 11.0 Å². The number of H-pyrrole nitrogens is 1. The van der Waals surface area contributed by atoms with Crippen molar-refractivity contribution in [3.8, 4) is 0 Å². The molecule has 0 spiro atoms. The molecule has 3 aromatic rings. The molecule has 5 rings (SSSR count). The van der Waals surface area contributed by atoms with E-state index in [9.17, 15) is 4.79 Å². The van der Waals surface area contributed by atoms with Crippen molar-refractivity contribution in [2.75, 3.05) is 42.7 Å². The van der Waals surface area contributed by atoms with Crippen LogP contribution in [0.4, 0.5) is 23.1 Å². The number of benzene rings is 1. The highest BCUT2D eigenvalue weighted by Crippen LogP contribution is 2.29. The molecule has 0 unspecified atom stereocenters. The lowest BCUT2D eigenvalue weighted by Gasteiger charge is -2.34. The molecular formula is C24H31N7O. The molecule has 2 aliphatic rings. The number of carbonyl (C=O) groups excluding carboxylic acids is 1. The van der Waals surface area contributed by atoms with Gasteiger partial charge in [-0.05, 0) is 62.4 Å². The molecule has 1 aromatic carbocycles. The quantitative estimate of drug-likeness (QED) is 0.545. The van der Waals surface area contributed by atoms with E-state index >= 15 is 0 Å². The van der Waals surface area contributed by atoms with Gasteiger partial charge in [-0.1, -0.05) is 0 Å². The Labute approximate surface area is 188 Å². The number of hydrogen-bond donors (Lipinski definition) is 3. The summed E-state index contributed by atoms with van der Waals surface area (Å²) in [6.07, 6.45) is 7.37. The van der Waals surface area contributed by atoms with Crippen LogP contribution in [-0.4, -0.2) is 59.0 Å². The number of carbonyl (C=O) groups is 1. The lowest BCUT2D eigenvalue weighted by Crippen LogP contribution is -2.40. The zero-order valence-electron chi connectivity index (χ0n) is 18.8. The highest BCUT2D eigenvalue weighted by atomic mass is 16.2. The van der Waals surface area contributed by atoms with Crippen molar-refractivity contribution < 1.29 is 4.79 Å². The van der Waals surface area contributed by atoms with E-state index in [1.165, 1.54) is 24.9 Å². The number of anilines is 4. The molecule has 1 saturated heterocycles. The fraction of sp³-hybridized carbons (Fsp3) is 0.458. The summed E-state index contributed by atoms with van der Waals surface area (Å²) in [6.45, 7) is 1.81. The minimum absolute atomic E-state index is 0.144. The van der Waals surface area contributed by atoms with Gasteiger partial charge in [0.15, 0.2) is 0 Å². The fourth-order valence-electron chi connectivity index (χ4n) is 4.49. The minimum Gasteiger partial charge on any atom is -0.371 e. The molecule has 8 heteroatoms. The van der Waals surface area contributed by atoms with E-state index in [0.717, 1.165) is 48.5 Å². The first-order chi connectivity index (χ1) is 15.6. The molecule has 2 aromatic heterocycles. The van der Waals surface area contributed by atoms with Gasteiger partial charge < -0.3 is 25.4 Å². The molecule has 3 heterocycles. The Balaban J connectivity index is 1.25. The van der Waals surface area contributed by atoms with Gasteiger partial charge in [0.05, 0.1) is 5.39 Å². The van der Waals surface area contributed by atoms with Gasteiger partial charge in [0, 0.05) is 56.7 Å². The van der Waals surface area contributed by atoms with E-state index < -0.39 is 0 Å². The molecule has 1 saturated carbocycles. The van der Waals surface area contributed by atoms with Crippen LogP contribution in [0.1, 0.15) is 32.1 Å². The van der Waals surface area contributed by atoms with Crippen LogP contribution in [0.5, 0.6) is 0 Å². The van der Waals surface area contributed by atoms with Crippen LogP contribution >= 0.6 is 0 Å². The van der Waals surface area contributed by atoms with Gasteiger partial charge in [0.1, 0.15) is 11.5 Å². The number of hydrogen-bond acceptors (Lipinski definition) is 6. The minimum atomic E-state index is 0.144. The molecule has 0 radical (unpaired) electrons. The Morgan fingerprint density at radius 3 is 2.47 bits per heavy atom. The fourth-order valence-corrected chi connectivity index (χ4v) is 4.49. The van der Waals surface area contributed by atoms with Gasteiger partial charge in [-0.25, -0.2) is 0 Å². The Morgan fingerprint density at radius 1 is 1.06 bits per heavy atom. The molecule has 0 atom stereocenters. The molecule has 3 N–H and O–H groups in total. The number of nitrogens with zero attached hydrogens (tertiary/aromatic N) is 4. The van der Waals surface area contributed by atoms with Gasteiger partial charge in [0.25, 0.3) is 0 Å². The molecule has 2 fully saturated rings. The van der Waals surface area contributed by atoms with E-state index in [2.05, 4.69) is 49.8 Å². The average Bonchev–Trinajstić information content (AvgIpc) is 3.25. The third kappa shape index (κ3) is 4.22. The largest absolute Gasteiger partial charge is 0.371 e. The van der Waals surface area contributed by atoms with Crippen LogP contribution in [0, 0.1) is 5.92 Å². The Morgan fingerprint density at radius 2 is 1.81 bits per heavy atom. The number of aromatic nitrogens is 3. The zero-order valence-corrected chi connectivity index (χ0v) is 18.8. The Hall–Kier alpha value is -3.29. The predicted octanol–water partition coefficient (Wildman–Crippen LogP) is 3.97. The van der Waals surface area contributed by atoms with E-state index in [-0.39, 0.29) is 11.8 Å². The Kier molecular flexibility index (Phi) is 5.59. The number of fused-ring (bicyclic) bond motifs is 1. The molecule has 0 bridgehead atoms. The van der Waals surface area contributed by atoms with Crippen molar-refractivity contribution in [1.29, 1.82) is 0 Å². The van der Waals surface area contributed by atoms with Crippen LogP contribution in [0.2, 0.25) is 0 Å². The van der Waals surface area contributed by atoms with Gasteiger partial charge in [0.2, 0.25) is 11.9 Å². The molecule has 32 heavy (non-hydrogen) atoms. The monoisotopic (exact) mass is 433 g/mol. The standard InChI is InChI=1S/C24H31N7O/c1-30(2)23(32)16-11-14-31(15-12-16)19-8-6-18(7-9-19)27-24-28-21-20(10-13-25-21)22(29-24)26-17-4-3-5-17/h6-10,13,16-17H,3-5,11-12,14-15H2,1-2H3,(H3,25,26,27,28,29). The second kappa shape index (κ2) is 8.68. The summed E-state index contributed by atoms with van der Waals surface area (Å²) in [4.78, 5) is 28.8. The van der Waals surface area contributed by atoms with Gasteiger partial charge in [-0.15, -0.1) is 0 Å². The third-order valence-electron chi connectivity index (χ3n) is 6.64. The molecule has 1 amide bonds. The summed E-state index contributed by atoms with van der Waals surface area (Å²) in [6, 6.07) is 10.9. The van der Waals surface area contributed by atoms with E-state index in [0.29, 0.717) is 12.0 Å². The molecular weight excluding hydrogens is 402 g/mol. The number of piperidine rings is 1. The number of nitrogens with one attached hydrogen (secondary N) is 3. The maximum atomic E-state index is 12.2. The third-order valence-corrected chi connectivity index (χ3v) is 6.64. The number of aromatic amines is 1. The summed E-state index contributed by atoms with van der Waals surface area (Å²) in [5.74, 6) is 1.85. The zero-order chi connectivity index (χ0) is 22.1. The molecule has 1 aliphatic heterocycles. The summed E-state index contributed by atoms with van der Waals surface area (Å²) in [5, 5.41) is 7.93. The molecule has 8 nitrogen and oxygen atoms in total. The molecule has 1 aliphatic carbocycles. The van der Waals surface area contributed by atoms with Crippen LogP contribution in [0.15, 0.2) is 36.5 Å². The first kappa shape index (κ1) is 20.6. The highest BCUT2D eigenvalue weighted by Gasteiger charge is 2.26. The van der Waals surface area contributed by atoms with E-state index in [1.807, 2.05) is 26.4 Å². The van der Waals surface area contributed by atoms with Crippen molar-refractivity contribution in [2.24, 2.45) is 5.92 Å². The maximum Gasteiger partial charge on any atom is 0.231 e. The summed E-state index contributed by atoms with van der Waals surface area (Å²) in [5.41, 5.74) is 2.96. The number of rotatable bonds is 6. The molecule has 168 valence electrons. The summed E-state index contributed by atoms with van der Waals surface area (Å²) in [7, 11) is 3.67. The van der Waals surface area contributed by atoms with Gasteiger partial charge >= 0.3 is 0 Å². The normalized spacial score (nSPS) is 17.2. The first-order valence-corrected chi connectivity index (χ1v) is 11.5. The van der Waals surface area contributed by atoms with E-state index in [4.69, 9.17) is 4.98 Å². The van der Waals surface area contributed by atoms with Crippen LogP contribution in [-0.2, 0) is 4.79 Å². The summed E-state index contributed by atoms with van der Waals surface area (Å²) >= 11 is 0. The van der Waals surface area contributed by atoms with E-state index in [1.54, 1.807) is 4.90 Å². The smallest absolute Gasteiger partial charge is 0.231 e. The number of amides is 1. The Bertz CT molecular complexity index is 1080. The summed E-state index contributed by atoms with van der Waals surface area (Å²) < 4.78 is 0. The second-order valence-corrected chi connectivity index (χ2v) is 9.07. The van der Waals surface area contributed by atoms with Crippen molar-refractivity contribution >= 4 is 40.1 Å². The topological polar surface area (TPSA) is 89.2 Å². The van der Waals surface area contributed by atoms with Gasteiger partial charge in [-0.3, -0.25) is 4.79 Å². The van der Waals surface area contributed by atoms with Crippen molar-refractivity contribution in [3.05, 3.63) is 36.5 Å². The van der Waals surface area contributed by atoms with Crippen molar-refractivity contribution in [2.45, 2.75) is 38.1 Å². The van der Waals surface area contributed by atoms with Gasteiger partial charge in [-0.2, -0.15) is 9.97 Å². The maximum absolute atomic E-state index is 12.2. The van der Waals surface area contributed by atoms with Crippen molar-refractivity contribution in [3.63, 3.8) is 0 Å². The second-order valence-electron chi connectivity index (χ2n) is 9.07. The average molecular weight is 434 g/mol. The highest BCUT2D eigenvalue weighted by molar-refractivity contribution is 5.88. The van der Waals surface area contributed by atoms with Crippen molar-refractivity contribution in [1.82, 2.24) is 19.9 Å². The predicted molar refractivity (Wildman–Crippen MR) is 129 cm³/mol. The lowest BCUT2D eigenvalue weighted by atomic mass is 9.93. The first-order valence-electron chi connectivity index (χ1n) is 11.5. The van der Waals surface area contributed by atoms with Crippen LogP contribution in [0.3, 0.4) is 0 Å².